The zero-order chi connectivity index (χ0) is 19.1. The minimum absolute atomic E-state index is 0.143. The summed E-state index contributed by atoms with van der Waals surface area (Å²) in [7, 11) is 0. The Bertz CT molecular complexity index is 1000. The first-order valence-electron chi connectivity index (χ1n) is 10.1. The summed E-state index contributed by atoms with van der Waals surface area (Å²) in [6.07, 6.45) is 6.38. The number of hydrogen-bond acceptors (Lipinski definition) is 5. The maximum Gasteiger partial charge on any atom is 0.290 e. The Morgan fingerprint density at radius 3 is 3.07 bits per heavy atom. The van der Waals surface area contributed by atoms with E-state index in [9.17, 15) is 4.79 Å². The Labute approximate surface area is 163 Å². The smallest absolute Gasteiger partial charge is 0.290 e. The quantitative estimate of drug-likeness (QED) is 0.738. The van der Waals surface area contributed by atoms with Gasteiger partial charge in [0.05, 0.1) is 17.1 Å². The van der Waals surface area contributed by atoms with E-state index in [-0.39, 0.29) is 5.91 Å². The largest absolute Gasteiger partial charge is 0.351 e. The molecule has 0 radical (unpaired) electrons. The van der Waals surface area contributed by atoms with Gasteiger partial charge in [-0.05, 0) is 51.3 Å². The molecule has 1 amide bonds. The van der Waals surface area contributed by atoms with Gasteiger partial charge in [0.15, 0.2) is 0 Å². The first kappa shape index (κ1) is 17.4. The summed E-state index contributed by atoms with van der Waals surface area (Å²) in [6.45, 7) is 4.91. The molecule has 5 rings (SSSR count). The van der Waals surface area contributed by atoms with Crippen LogP contribution in [0.1, 0.15) is 59.2 Å². The summed E-state index contributed by atoms with van der Waals surface area (Å²) >= 11 is 0. The Kier molecular flexibility index (Phi) is 4.39. The highest BCUT2D eigenvalue weighted by Crippen LogP contribution is 2.28. The molecule has 1 atom stereocenters. The zero-order valence-electron chi connectivity index (χ0n) is 16.1. The fourth-order valence-electron chi connectivity index (χ4n) is 4.08. The van der Waals surface area contributed by atoms with E-state index in [0.717, 1.165) is 62.4 Å². The van der Waals surface area contributed by atoms with Gasteiger partial charge in [-0.15, -0.1) is 0 Å². The van der Waals surface area contributed by atoms with Crippen LogP contribution in [0.25, 0.3) is 5.65 Å². The highest BCUT2D eigenvalue weighted by Gasteiger charge is 2.28. The van der Waals surface area contributed by atoms with Crippen LogP contribution in [0.5, 0.6) is 0 Å². The maximum absolute atomic E-state index is 12.2. The van der Waals surface area contributed by atoms with Gasteiger partial charge in [-0.1, -0.05) is 11.2 Å². The summed E-state index contributed by atoms with van der Waals surface area (Å²) in [5.41, 5.74) is 4.20. The summed E-state index contributed by atoms with van der Waals surface area (Å²) in [6, 6.07) is 8.24. The lowest BCUT2D eigenvalue weighted by molar-refractivity contribution is 0.0913. The number of nitrogens with zero attached hydrogens (tertiary/aromatic N) is 4. The van der Waals surface area contributed by atoms with Gasteiger partial charge in [-0.3, -0.25) is 9.69 Å². The molecule has 2 aliphatic rings. The van der Waals surface area contributed by atoms with Crippen LogP contribution in [-0.4, -0.2) is 44.5 Å². The number of carbonyl (C=O) groups is 1. The van der Waals surface area contributed by atoms with E-state index in [1.54, 1.807) is 0 Å². The molecule has 28 heavy (non-hydrogen) atoms. The van der Waals surface area contributed by atoms with E-state index in [2.05, 4.69) is 37.9 Å². The Morgan fingerprint density at radius 2 is 2.21 bits per heavy atom. The number of carbonyl (C=O) groups excluding carboxylic acids is 1. The predicted octanol–water partition coefficient (Wildman–Crippen LogP) is 2.90. The minimum atomic E-state index is -0.143. The number of piperidine rings is 1. The number of imidazole rings is 1. The first-order valence-corrected chi connectivity index (χ1v) is 10.1. The van der Waals surface area contributed by atoms with E-state index in [4.69, 9.17) is 4.52 Å². The molecule has 4 heterocycles. The molecular formula is C21H25N5O2. The van der Waals surface area contributed by atoms with Gasteiger partial charge in [0.1, 0.15) is 5.65 Å². The number of aryl methyl sites for hydroxylation is 1. The summed E-state index contributed by atoms with van der Waals surface area (Å²) in [5, 5.41) is 7.16. The lowest BCUT2D eigenvalue weighted by Gasteiger charge is -2.31. The van der Waals surface area contributed by atoms with E-state index in [0.29, 0.717) is 17.7 Å². The SMILES string of the molecule is Cc1nc2ccccn2c1CN1CCC[C@@H](c2cc(C(=O)NC3CC3)on2)C1. The van der Waals surface area contributed by atoms with Crippen molar-refractivity contribution in [2.45, 2.75) is 51.1 Å². The molecule has 0 bridgehead atoms. The molecule has 2 fully saturated rings. The summed E-state index contributed by atoms with van der Waals surface area (Å²) < 4.78 is 7.51. The second-order valence-electron chi connectivity index (χ2n) is 8.01. The highest BCUT2D eigenvalue weighted by molar-refractivity contribution is 5.91. The van der Waals surface area contributed by atoms with Gasteiger partial charge >= 0.3 is 0 Å². The molecule has 0 aromatic carbocycles. The highest BCUT2D eigenvalue weighted by atomic mass is 16.5. The Hall–Kier alpha value is -2.67. The van der Waals surface area contributed by atoms with Gasteiger partial charge in [-0.25, -0.2) is 4.98 Å². The van der Waals surface area contributed by atoms with E-state index >= 15 is 0 Å². The van der Waals surface area contributed by atoms with Crippen molar-refractivity contribution in [3.05, 3.63) is 53.3 Å². The second-order valence-corrected chi connectivity index (χ2v) is 8.01. The number of amides is 1. The number of rotatable bonds is 5. The summed E-state index contributed by atoms with van der Waals surface area (Å²) in [4.78, 5) is 19.3. The fourth-order valence-corrected chi connectivity index (χ4v) is 4.08. The lowest BCUT2D eigenvalue weighted by Crippen LogP contribution is -2.34. The van der Waals surface area contributed by atoms with Gasteiger partial charge in [0, 0.05) is 37.3 Å². The predicted molar refractivity (Wildman–Crippen MR) is 104 cm³/mol. The third-order valence-corrected chi connectivity index (χ3v) is 5.79. The molecule has 3 aromatic heterocycles. The molecule has 1 saturated heterocycles. The molecule has 1 aliphatic carbocycles. The number of fused-ring (bicyclic) bond motifs is 1. The Balaban J connectivity index is 1.29. The molecule has 0 spiro atoms. The number of likely N-dealkylation sites (tertiary alicyclic amines) is 1. The Morgan fingerprint density at radius 1 is 1.32 bits per heavy atom. The van der Waals surface area contributed by atoms with Crippen LogP contribution in [0.15, 0.2) is 35.0 Å². The van der Waals surface area contributed by atoms with Gasteiger partial charge in [0.25, 0.3) is 5.91 Å². The molecule has 3 aromatic rings. The molecule has 1 saturated carbocycles. The van der Waals surface area contributed by atoms with Crippen LogP contribution in [0.3, 0.4) is 0 Å². The standard InChI is InChI=1S/C21H25N5O2/c1-14-18(26-10-3-2-6-20(26)22-14)13-25-9-4-5-15(12-25)17-11-19(28-24-17)21(27)23-16-7-8-16/h2-3,6,10-11,15-16H,4-5,7-9,12-13H2,1H3,(H,23,27)/t15-/m1/s1. The number of pyridine rings is 1. The normalized spacial score (nSPS) is 20.5. The van der Waals surface area contributed by atoms with Gasteiger partial charge in [-0.2, -0.15) is 0 Å². The van der Waals surface area contributed by atoms with Crippen LogP contribution in [0.2, 0.25) is 0 Å². The minimum Gasteiger partial charge on any atom is -0.351 e. The van der Waals surface area contributed by atoms with Crippen LogP contribution < -0.4 is 5.32 Å². The average Bonchev–Trinajstić information content (AvgIpc) is 3.27. The number of aromatic nitrogens is 3. The van der Waals surface area contributed by atoms with E-state index < -0.39 is 0 Å². The molecule has 146 valence electrons. The van der Waals surface area contributed by atoms with Gasteiger partial charge in [0.2, 0.25) is 5.76 Å². The molecule has 7 heteroatoms. The molecule has 0 unspecified atom stereocenters. The number of hydrogen-bond donors (Lipinski definition) is 1. The van der Waals surface area contributed by atoms with Crippen molar-refractivity contribution >= 4 is 11.6 Å². The topological polar surface area (TPSA) is 75.7 Å². The van der Waals surface area contributed by atoms with Crippen LogP contribution in [0, 0.1) is 6.92 Å². The monoisotopic (exact) mass is 379 g/mol. The van der Waals surface area contributed by atoms with Crippen molar-refractivity contribution in [2.75, 3.05) is 13.1 Å². The molecule has 1 aliphatic heterocycles. The van der Waals surface area contributed by atoms with Crippen LogP contribution in [-0.2, 0) is 6.54 Å². The zero-order valence-corrected chi connectivity index (χ0v) is 16.1. The van der Waals surface area contributed by atoms with Crippen molar-refractivity contribution in [1.82, 2.24) is 24.8 Å². The van der Waals surface area contributed by atoms with Crippen molar-refractivity contribution in [3.63, 3.8) is 0 Å². The first-order chi connectivity index (χ1) is 13.7. The lowest BCUT2D eigenvalue weighted by atomic mass is 9.94. The van der Waals surface area contributed by atoms with Crippen LogP contribution >= 0.6 is 0 Å². The van der Waals surface area contributed by atoms with E-state index in [1.165, 1.54) is 5.69 Å². The third kappa shape index (κ3) is 3.42. The summed E-state index contributed by atoms with van der Waals surface area (Å²) in [5.74, 6) is 0.478. The van der Waals surface area contributed by atoms with Crippen molar-refractivity contribution in [3.8, 4) is 0 Å². The molecule has 7 nitrogen and oxygen atoms in total. The second kappa shape index (κ2) is 7.05. The van der Waals surface area contributed by atoms with Gasteiger partial charge < -0.3 is 14.2 Å². The third-order valence-electron chi connectivity index (χ3n) is 5.79. The maximum atomic E-state index is 12.2. The van der Waals surface area contributed by atoms with Crippen LogP contribution in [0.4, 0.5) is 0 Å². The van der Waals surface area contributed by atoms with E-state index in [1.807, 2.05) is 24.3 Å². The average molecular weight is 379 g/mol. The molecule has 1 N–H and O–H groups in total. The van der Waals surface area contributed by atoms with Crippen molar-refractivity contribution < 1.29 is 9.32 Å². The van der Waals surface area contributed by atoms with Crippen molar-refractivity contribution in [1.29, 1.82) is 0 Å². The fraction of sp³-hybridized carbons (Fsp3) is 0.476. The molecular weight excluding hydrogens is 354 g/mol. The van der Waals surface area contributed by atoms with Crippen molar-refractivity contribution in [2.24, 2.45) is 0 Å². The number of nitrogens with one attached hydrogen (secondary N) is 1.